The molecule has 1 atom stereocenters. The molecule has 0 fully saturated rings. The van der Waals surface area contributed by atoms with Gasteiger partial charge in [-0.3, -0.25) is 4.99 Å². The first-order valence-corrected chi connectivity index (χ1v) is 11.2. The van der Waals surface area contributed by atoms with Gasteiger partial charge in [-0.05, 0) is 51.1 Å². The lowest BCUT2D eigenvalue weighted by Gasteiger charge is -2.38. The molecule has 162 valence electrons. The highest BCUT2D eigenvalue weighted by Crippen LogP contribution is 2.39. The molecule has 0 amide bonds. The Morgan fingerprint density at radius 3 is 2.61 bits per heavy atom. The van der Waals surface area contributed by atoms with Gasteiger partial charge >= 0.3 is 0 Å². The van der Waals surface area contributed by atoms with E-state index in [-0.39, 0.29) is 22.9 Å². The predicted octanol–water partition coefficient (Wildman–Crippen LogP) is 3.00. The summed E-state index contributed by atoms with van der Waals surface area (Å²) in [5, 5.41) is 13.4. The van der Waals surface area contributed by atoms with Crippen LogP contribution >= 0.6 is 0 Å². The third-order valence-corrected chi connectivity index (χ3v) is 8.33. The summed E-state index contributed by atoms with van der Waals surface area (Å²) >= 11 is 0. The van der Waals surface area contributed by atoms with Gasteiger partial charge in [0.15, 0.2) is 15.7 Å². The monoisotopic (exact) mass is 443 g/mol. The summed E-state index contributed by atoms with van der Waals surface area (Å²) in [6.07, 6.45) is 2.86. The van der Waals surface area contributed by atoms with E-state index in [0.29, 0.717) is 22.4 Å². The van der Waals surface area contributed by atoms with Gasteiger partial charge in [-0.2, -0.15) is 0 Å². The number of aromatic hydroxyl groups is 1. The van der Waals surface area contributed by atoms with E-state index >= 15 is 0 Å². The van der Waals surface area contributed by atoms with Crippen molar-refractivity contribution in [2.45, 2.75) is 31.1 Å². The van der Waals surface area contributed by atoms with Crippen LogP contribution in [0.2, 0.25) is 0 Å². The van der Waals surface area contributed by atoms with E-state index in [9.17, 15) is 17.9 Å². The molecular weight excluding hydrogens is 421 g/mol. The van der Waals surface area contributed by atoms with E-state index in [0.717, 1.165) is 0 Å². The Morgan fingerprint density at radius 2 is 1.90 bits per heavy atom. The molecule has 0 aliphatic carbocycles. The lowest BCUT2D eigenvalue weighted by Crippen LogP contribution is -2.54. The standard InChI is InChI=1S/C21H22FN5O3S/c1-20(2)19(23)27-21(3,11-31(20,29)30)15-9-13(4-5-16(15)22)26-18-17-12(6-7-24-18)8-14(28)10-25-17/h4-10,28H,11H2,1-3H3,(H2,23,27)(H,24,26). The molecule has 4 N–H and O–H groups in total. The Morgan fingerprint density at radius 1 is 1.16 bits per heavy atom. The molecule has 0 saturated carbocycles. The van der Waals surface area contributed by atoms with E-state index in [1.807, 2.05) is 0 Å². The van der Waals surface area contributed by atoms with Gasteiger partial charge in [-0.15, -0.1) is 0 Å². The van der Waals surface area contributed by atoms with Crippen LogP contribution < -0.4 is 11.1 Å². The lowest BCUT2D eigenvalue weighted by molar-refractivity contribution is 0.473. The molecule has 3 heterocycles. The number of nitrogens with zero attached hydrogens (tertiary/aromatic N) is 3. The van der Waals surface area contributed by atoms with Crippen molar-refractivity contribution < 1.29 is 17.9 Å². The van der Waals surface area contributed by atoms with Crippen LogP contribution in [-0.2, 0) is 15.4 Å². The Kier molecular flexibility index (Phi) is 4.65. The molecule has 10 heteroatoms. The minimum Gasteiger partial charge on any atom is -0.506 e. The number of hydrogen-bond acceptors (Lipinski definition) is 8. The molecule has 4 rings (SSSR count). The smallest absolute Gasteiger partial charge is 0.165 e. The van der Waals surface area contributed by atoms with Gasteiger partial charge < -0.3 is 16.2 Å². The Balaban J connectivity index is 1.78. The number of sulfone groups is 1. The number of pyridine rings is 2. The number of nitrogens with two attached hydrogens (primary N) is 1. The minimum absolute atomic E-state index is 0.0264. The minimum atomic E-state index is -3.68. The molecule has 0 bridgehead atoms. The van der Waals surface area contributed by atoms with E-state index < -0.39 is 25.9 Å². The van der Waals surface area contributed by atoms with Crippen molar-refractivity contribution in [3.05, 3.63) is 54.1 Å². The van der Waals surface area contributed by atoms with Gasteiger partial charge in [-0.1, -0.05) is 0 Å². The number of rotatable bonds is 3. The Hall–Kier alpha value is -3.27. The first-order valence-electron chi connectivity index (χ1n) is 9.52. The van der Waals surface area contributed by atoms with Crippen molar-refractivity contribution in [1.82, 2.24) is 9.97 Å². The molecule has 1 aromatic carbocycles. The summed E-state index contributed by atoms with van der Waals surface area (Å²) in [6.45, 7) is 4.54. The second kappa shape index (κ2) is 6.88. The SMILES string of the molecule is CC1(c2cc(Nc3nccc4cc(O)cnc34)ccc2F)CS(=O)(=O)C(C)(C)C(N)=N1. The van der Waals surface area contributed by atoms with Crippen LogP contribution in [0.4, 0.5) is 15.9 Å². The van der Waals surface area contributed by atoms with Crippen molar-refractivity contribution in [2.24, 2.45) is 10.7 Å². The van der Waals surface area contributed by atoms with Crippen molar-refractivity contribution in [2.75, 3.05) is 11.1 Å². The number of amidine groups is 1. The van der Waals surface area contributed by atoms with Crippen LogP contribution in [0.1, 0.15) is 26.3 Å². The summed E-state index contributed by atoms with van der Waals surface area (Å²) < 4.78 is 39.2. The average Bonchev–Trinajstić information content (AvgIpc) is 2.67. The summed E-state index contributed by atoms with van der Waals surface area (Å²) in [5.74, 6) is -0.590. The first-order chi connectivity index (χ1) is 14.4. The summed E-state index contributed by atoms with van der Waals surface area (Å²) in [6, 6.07) is 7.51. The quantitative estimate of drug-likeness (QED) is 0.567. The van der Waals surface area contributed by atoms with E-state index in [1.165, 1.54) is 38.2 Å². The zero-order valence-electron chi connectivity index (χ0n) is 17.2. The van der Waals surface area contributed by atoms with Crippen LogP contribution in [0.15, 0.2) is 47.7 Å². The lowest BCUT2D eigenvalue weighted by atomic mass is 9.92. The van der Waals surface area contributed by atoms with Crippen molar-refractivity contribution >= 4 is 38.1 Å². The third-order valence-electron chi connectivity index (χ3n) is 5.63. The number of fused-ring (bicyclic) bond motifs is 1. The molecule has 0 radical (unpaired) electrons. The third kappa shape index (κ3) is 3.46. The van der Waals surface area contributed by atoms with Gasteiger partial charge in [-0.25, -0.2) is 22.8 Å². The maximum absolute atomic E-state index is 14.8. The molecule has 0 spiro atoms. The molecular formula is C21H22FN5O3S. The second-order valence-electron chi connectivity index (χ2n) is 8.28. The maximum atomic E-state index is 14.8. The van der Waals surface area contributed by atoms with Crippen molar-refractivity contribution in [3.63, 3.8) is 0 Å². The Labute approximate surface area is 179 Å². The van der Waals surface area contributed by atoms with E-state index in [4.69, 9.17) is 5.73 Å². The van der Waals surface area contributed by atoms with Crippen LogP contribution in [0.5, 0.6) is 5.75 Å². The fourth-order valence-electron chi connectivity index (χ4n) is 3.57. The largest absolute Gasteiger partial charge is 0.506 e. The van der Waals surface area contributed by atoms with Gasteiger partial charge in [0.05, 0.1) is 11.9 Å². The zero-order chi connectivity index (χ0) is 22.6. The molecule has 0 saturated heterocycles. The number of benzene rings is 1. The van der Waals surface area contributed by atoms with Gasteiger partial charge in [0.1, 0.15) is 33.2 Å². The summed E-state index contributed by atoms with van der Waals surface area (Å²) in [5.41, 5.74) is 5.70. The van der Waals surface area contributed by atoms with Crippen LogP contribution in [0.25, 0.3) is 10.9 Å². The predicted molar refractivity (Wildman–Crippen MR) is 118 cm³/mol. The fraction of sp³-hybridized carbons (Fsp3) is 0.286. The topological polar surface area (TPSA) is 131 Å². The van der Waals surface area contributed by atoms with Gasteiger partial charge in [0.25, 0.3) is 0 Å². The Bertz CT molecular complexity index is 1340. The number of halogens is 1. The summed E-state index contributed by atoms with van der Waals surface area (Å²) in [4.78, 5) is 12.9. The molecule has 31 heavy (non-hydrogen) atoms. The molecule has 1 aliphatic heterocycles. The van der Waals surface area contributed by atoms with Crippen molar-refractivity contribution in [3.8, 4) is 5.75 Å². The highest BCUT2D eigenvalue weighted by molar-refractivity contribution is 7.93. The van der Waals surface area contributed by atoms with Gasteiger partial charge in [0, 0.05) is 22.8 Å². The molecule has 3 aromatic rings. The molecule has 8 nitrogen and oxygen atoms in total. The van der Waals surface area contributed by atoms with E-state index in [2.05, 4.69) is 20.3 Å². The number of aliphatic imine (C=N–C) groups is 1. The number of aromatic nitrogens is 2. The van der Waals surface area contributed by atoms with Crippen molar-refractivity contribution in [1.29, 1.82) is 0 Å². The number of anilines is 2. The molecule has 2 aromatic heterocycles. The van der Waals surface area contributed by atoms with Gasteiger partial charge in [0.2, 0.25) is 0 Å². The second-order valence-corrected chi connectivity index (χ2v) is 10.8. The zero-order valence-corrected chi connectivity index (χ0v) is 18.0. The normalized spacial score (nSPS) is 22.1. The van der Waals surface area contributed by atoms with Crippen LogP contribution in [-0.4, -0.2) is 39.8 Å². The first kappa shape index (κ1) is 21.0. The molecule has 1 unspecified atom stereocenters. The maximum Gasteiger partial charge on any atom is 0.165 e. The molecule has 1 aliphatic rings. The highest BCUT2D eigenvalue weighted by Gasteiger charge is 2.49. The number of hydrogen-bond donors (Lipinski definition) is 3. The highest BCUT2D eigenvalue weighted by atomic mass is 32.2. The van der Waals surface area contributed by atoms with E-state index in [1.54, 1.807) is 25.3 Å². The number of nitrogens with one attached hydrogen (secondary N) is 1. The van der Waals surface area contributed by atoms with Crippen LogP contribution in [0.3, 0.4) is 0 Å². The fourth-order valence-corrected chi connectivity index (χ4v) is 5.26. The van der Waals surface area contributed by atoms with Crippen LogP contribution in [0, 0.1) is 5.82 Å². The summed E-state index contributed by atoms with van der Waals surface area (Å²) in [7, 11) is -3.68. The average molecular weight is 444 g/mol.